The number of β-amino-alcohol motifs (C(OH)–C–C–N with tert-alkyl or cyclic N) is 1. The van der Waals surface area contributed by atoms with Crippen molar-refractivity contribution < 1.29 is 29.1 Å². The van der Waals surface area contributed by atoms with Crippen LogP contribution in [0.1, 0.15) is 87.0 Å². The van der Waals surface area contributed by atoms with Crippen LogP contribution in [0.4, 0.5) is 0 Å². The minimum atomic E-state index is -0.927. The third-order valence-corrected chi connectivity index (χ3v) is 13.9. The van der Waals surface area contributed by atoms with Gasteiger partial charge in [-0.1, -0.05) is 67.9 Å². The summed E-state index contributed by atoms with van der Waals surface area (Å²) in [5.41, 5.74) is 7.16. The van der Waals surface area contributed by atoms with Crippen molar-refractivity contribution in [2.24, 2.45) is 10.6 Å². The molecule has 3 aromatic heterocycles. The molecule has 5 heterocycles. The third-order valence-electron chi connectivity index (χ3n) is 12.7. The van der Waals surface area contributed by atoms with Gasteiger partial charge in [-0.25, -0.2) is 4.98 Å². The van der Waals surface area contributed by atoms with E-state index >= 15 is 0 Å². The van der Waals surface area contributed by atoms with Crippen molar-refractivity contribution in [3.05, 3.63) is 99.5 Å². The molecule has 71 heavy (non-hydrogen) atoms. The summed E-state index contributed by atoms with van der Waals surface area (Å²) in [6.45, 7) is 17.2. The van der Waals surface area contributed by atoms with E-state index in [2.05, 4.69) is 46.3 Å². The molecule has 376 valence electrons. The van der Waals surface area contributed by atoms with Gasteiger partial charge in [0.15, 0.2) is 0 Å². The molecular weight excluding hydrogens is 946 g/mol. The Labute approximate surface area is 422 Å². The number of halogens is 1. The Bertz CT molecular complexity index is 2750. The van der Waals surface area contributed by atoms with Crippen LogP contribution >= 0.6 is 22.9 Å². The number of aromatic nitrogens is 5. The number of nitrogens with one attached hydrogen (secondary N) is 4. The number of hydrogen-bond donors (Lipinski definition) is 5. The van der Waals surface area contributed by atoms with E-state index < -0.39 is 29.5 Å². The highest BCUT2D eigenvalue weighted by atomic mass is 35.5. The largest absolute Gasteiger partial charge is 0.394 e. The molecule has 0 saturated carbocycles. The number of carbonyl (C=O) groups excluding carboxylic acids is 4. The van der Waals surface area contributed by atoms with Crippen molar-refractivity contribution >= 4 is 52.3 Å². The number of benzene rings is 2. The summed E-state index contributed by atoms with van der Waals surface area (Å²) in [5.74, 6) is -1.39. The Morgan fingerprint density at radius 3 is 2.41 bits per heavy atom. The number of H-pyrrole nitrogens is 1. The number of nitrogens with zero attached hydrogens (tertiary/aromatic N) is 9. The minimum Gasteiger partial charge on any atom is -0.394 e. The van der Waals surface area contributed by atoms with Crippen LogP contribution in [0.5, 0.6) is 0 Å². The van der Waals surface area contributed by atoms with Gasteiger partial charge in [0.2, 0.25) is 17.7 Å². The Balaban J connectivity index is 0.818. The first kappa shape index (κ1) is 52.3. The van der Waals surface area contributed by atoms with E-state index in [1.165, 1.54) is 4.90 Å². The lowest BCUT2D eigenvalue weighted by molar-refractivity contribution is -0.144. The molecule has 2 fully saturated rings. The van der Waals surface area contributed by atoms with Crippen LogP contribution in [0.3, 0.4) is 0 Å². The number of thiazole rings is 1. The first-order valence-electron chi connectivity index (χ1n) is 23.7. The quantitative estimate of drug-likeness (QED) is 0.0453. The summed E-state index contributed by atoms with van der Waals surface area (Å²) in [6, 6.07) is 16.2. The van der Waals surface area contributed by atoms with Crippen LogP contribution in [0.25, 0.3) is 21.7 Å². The lowest BCUT2D eigenvalue weighted by Crippen LogP contribution is -2.59. The number of nitriles is 1. The van der Waals surface area contributed by atoms with E-state index in [9.17, 15) is 24.3 Å². The number of aromatic amines is 1. The molecule has 2 aliphatic rings. The van der Waals surface area contributed by atoms with Crippen molar-refractivity contribution in [2.45, 2.75) is 91.7 Å². The maximum absolute atomic E-state index is 14.2. The van der Waals surface area contributed by atoms with Gasteiger partial charge in [-0.15, -0.1) is 11.3 Å². The molecule has 21 heteroatoms. The molecular formula is C50H62ClN13O6S. The summed E-state index contributed by atoms with van der Waals surface area (Å²) >= 11 is 7.77. The molecule has 4 amide bonds. The lowest BCUT2D eigenvalue weighted by Gasteiger charge is -2.37. The second-order valence-corrected chi connectivity index (χ2v) is 20.5. The van der Waals surface area contributed by atoms with Gasteiger partial charge in [0.25, 0.3) is 5.91 Å². The average molecular weight is 1010 g/mol. The fourth-order valence-electron chi connectivity index (χ4n) is 8.59. The maximum atomic E-state index is 14.2. The van der Waals surface area contributed by atoms with E-state index in [1.807, 2.05) is 94.6 Å². The van der Waals surface area contributed by atoms with Crippen molar-refractivity contribution in [2.75, 3.05) is 52.4 Å². The molecule has 0 radical (unpaired) electrons. The summed E-state index contributed by atoms with van der Waals surface area (Å²) in [6.07, 6.45) is 1.04. The van der Waals surface area contributed by atoms with E-state index in [4.69, 9.17) is 21.7 Å². The van der Waals surface area contributed by atoms with Gasteiger partial charge in [-0.05, 0) is 68.5 Å². The number of hydrogen-bond acceptors (Lipinski definition) is 14. The van der Waals surface area contributed by atoms with Crippen molar-refractivity contribution in [1.82, 2.24) is 55.6 Å². The SMILES string of the molecule is C/C(=N\OCCN1CCN(CC(=O)NC(C(=O)N2C[C@H](O)C[C@H]2C(=O)N[C@@H](C)c2ccc(-c3scnc3C)cc2)C(C)(C)C)CC1)c1cc(C(=O)NC(C)Cn2ccc(-c3ccc(C#N)c(Cl)c3)n2)[nH]n1. The molecule has 2 aliphatic heterocycles. The van der Waals surface area contributed by atoms with E-state index in [0.29, 0.717) is 73.6 Å². The Hall–Kier alpha value is -6.50. The van der Waals surface area contributed by atoms with Crippen LogP contribution in [0, 0.1) is 23.7 Å². The normalized spacial score (nSPS) is 18.1. The zero-order valence-corrected chi connectivity index (χ0v) is 42.7. The highest BCUT2D eigenvalue weighted by Gasteiger charge is 2.45. The number of piperazine rings is 1. The van der Waals surface area contributed by atoms with Gasteiger partial charge < -0.3 is 30.8 Å². The third kappa shape index (κ3) is 13.5. The minimum absolute atomic E-state index is 0.00669. The number of oxime groups is 1. The van der Waals surface area contributed by atoms with Gasteiger partial charge in [0, 0.05) is 63.5 Å². The molecule has 2 saturated heterocycles. The predicted octanol–water partition coefficient (Wildman–Crippen LogP) is 4.78. The molecule has 0 bridgehead atoms. The smallest absolute Gasteiger partial charge is 0.269 e. The molecule has 5 atom stereocenters. The van der Waals surface area contributed by atoms with E-state index in [0.717, 1.165) is 27.3 Å². The van der Waals surface area contributed by atoms with E-state index in [1.54, 1.807) is 47.2 Å². The van der Waals surface area contributed by atoms with Crippen molar-refractivity contribution in [3.8, 4) is 27.8 Å². The van der Waals surface area contributed by atoms with Crippen LogP contribution in [-0.2, 0) is 25.8 Å². The summed E-state index contributed by atoms with van der Waals surface area (Å²) in [4.78, 5) is 71.2. The molecule has 2 aromatic carbocycles. The van der Waals surface area contributed by atoms with E-state index in [-0.39, 0.29) is 55.0 Å². The molecule has 0 spiro atoms. The number of amides is 4. The Morgan fingerprint density at radius 2 is 1.73 bits per heavy atom. The van der Waals surface area contributed by atoms with Crippen LogP contribution < -0.4 is 16.0 Å². The summed E-state index contributed by atoms with van der Waals surface area (Å²) < 4.78 is 1.73. The zero-order valence-electron chi connectivity index (χ0n) is 41.1. The highest BCUT2D eigenvalue weighted by Crippen LogP contribution is 2.30. The Kier molecular flexibility index (Phi) is 17.1. The van der Waals surface area contributed by atoms with Crippen LogP contribution in [-0.4, -0.2) is 151 Å². The average Bonchev–Trinajstić information content (AvgIpc) is 4.18. The van der Waals surface area contributed by atoms with Crippen LogP contribution in [0.2, 0.25) is 5.02 Å². The fourth-order valence-corrected chi connectivity index (χ4v) is 9.62. The number of likely N-dealkylation sites (tertiary alicyclic amines) is 1. The maximum Gasteiger partial charge on any atom is 0.269 e. The van der Waals surface area contributed by atoms with Gasteiger partial charge in [-0.3, -0.25) is 38.8 Å². The highest BCUT2D eigenvalue weighted by molar-refractivity contribution is 7.13. The van der Waals surface area contributed by atoms with Gasteiger partial charge >= 0.3 is 0 Å². The molecule has 2 unspecified atom stereocenters. The fraction of sp³-hybridized carbons (Fsp3) is 0.460. The van der Waals surface area contributed by atoms with Gasteiger partial charge in [0.05, 0.1) is 57.6 Å². The second kappa shape index (κ2) is 23.2. The lowest BCUT2D eigenvalue weighted by atomic mass is 9.85. The first-order chi connectivity index (χ1) is 33.9. The number of aliphatic hydroxyl groups is 1. The van der Waals surface area contributed by atoms with Crippen molar-refractivity contribution in [1.29, 1.82) is 5.26 Å². The number of aliphatic hydroxyl groups excluding tert-OH is 1. The standard InChI is InChI=1S/C50H62ClN13O6S/c1-30(26-63-15-14-40(59-63)36-12-13-37(25-52)39(51)22-36)54-47(67)42-24-41(57-58-42)32(3)60-70-21-20-61-16-18-62(19-17-61)28-44(66)56-46(50(5,6)7)49(69)64-27-38(65)23-43(64)48(68)55-31(2)34-8-10-35(11-9-34)45-33(4)53-29-71-45/h8-15,22,24,29-31,38,43,46,65H,16-21,23,26-28H2,1-7H3,(H,54,67)(H,55,68)(H,56,66)(H,57,58)/b60-32+/t30?,31-,38+,43-,46?/m0/s1. The number of aryl methyl sites for hydroxylation is 1. The van der Waals surface area contributed by atoms with Gasteiger partial charge in [-0.2, -0.15) is 15.5 Å². The first-order valence-corrected chi connectivity index (χ1v) is 24.9. The van der Waals surface area contributed by atoms with Crippen LogP contribution in [0.15, 0.2) is 71.5 Å². The summed E-state index contributed by atoms with van der Waals surface area (Å²) in [5, 5.41) is 45.0. The number of rotatable bonds is 18. The topological polar surface area (TPSA) is 239 Å². The molecule has 5 N–H and O–H groups in total. The molecule has 7 rings (SSSR count). The predicted molar refractivity (Wildman–Crippen MR) is 270 cm³/mol. The number of carbonyl (C=O) groups is 4. The summed E-state index contributed by atoms with van der Waals surface area (Å²) in [7, 11) is 0. The zero-order chi connectivity index (χ0) is 51.0. The van der Waals surface area contributed by atoms with Crippen molar-refractivity contribution in [3.63, 3.8) is 0 Å². The Morgan fingerprint density at radius 1 is 1.01 bits per heavy atom. The molecule has 5 aromatic rings. The molecule has 19 nitrogen and oxygen atoms in total. The monoisotopic (exact) mass is 1010 g/mol. The second-order valence-electron chi connectivity index (χ2n) is 19.3. The molecule has 0 aliphatic carbocycles. The van der Waals surface area contributed by atoms with Gasteiger partial charge in [0.1, 0.15) is 41.9 Å².